The maximum Gasteiger partial charge on any atom is 0.335 e. The molecule has 0 radical (unpaired) electrons. The minimum atomic E-state index is -4.03. The average molecular weight is 716 g/mol. The molecule has 1 aliphatic rings. The van der Waals surface area contributed by atoms with Crippen LogP contribution in [0.15, 0.2) is 95.9 Å². The second-order valence-electron chi connectivity index (χ2n) is 12.4. The van der Waals surface area contributed by atoms with Gasteiger partial charge in [-0.2, -0.15) is 4.31 Å². The molecule has 1 fully saturated rings. The number of hydrogen-bond donors (Lipinski definition) is 4. The van der Waals surface area contributed by atoms with E-state index in [1.54, 1.807) is 43.3 Å². The van der Waals surface area contributed by atoms with E-state index in [-0.39, 0.29) is 39.9 Å². The highest BCUT2D eigenvalue weighted by Gasteiger charge is 2.35. The van der Waals surface area contributed by atoms with Crippen LogP contribution >= 0.6 is 0 Å². The summed E-state index contributed by atoms with van der Waals surface area (Å²) in [6, 6.07) is 22.2. The molecule has 51 heavy (non-hydrogen) atoms. The summed E-state index contributed by atoms with van der Waals surface area (Å²) in [5, 5.41) is 23.7. The lowest BCUT2D eigenvalue weighted by Crippen LogP contribution is -2.42. The molecule has 0 atom stereocenters. The molecule has 4 aromatic rings. The molecule has 2 amide bonds. The Balaban J connectivity index is 1.25. The summed E-state index contributed by atoms with van der Waals surface area (Å²) in [6.07, 6.45) is 2.93. The van der Waals surface area contributed by atoms with Gasteiger partial charge in [-0.1, -0.05) is 37.3 Å². The normalized spacial score (nSPS) is 16.0. The standard InChI is InChI=1S/C38H38FN3O8S/c1-2-42(31-19-14-27(15-20-31)38(47)48)51(49,50)32-5-3-4-28(22-32)35(43)41-34-21-16-29(39)23-33(34)36(44)40-30-17-10-25(11-18-30)7-6-24-8-12-26(13-9-24)37(45)46/h3-5,8-13,16-18,21-23,27,31H,2,6-7,14-15,19-20H2,1H3,(H,40,44)(H,41,43)(H,45,46)(H,47,48). The molecule has 1 saturated carbocycles. The van der Waals surface area contributed by atoms with Gasteiger partial charge in [0.05, 0.1) is 27.6 Å². The highest BCUT2D eigenvalue weighted by Crippen LogP contribution is 2.31. The van der Waals surface area contributed by atoms with Crippen LogP contribution in [-0.2, 0) is 27.7 Å². The lowest BCUT2D eigenvalue weighted by Gasteiger charge is -2.34. The van der Waals surface area contributed by atoms with Gasteiger partial charge in [0.1, 0.15) is 5.82 Å². The summed E-state index contributed by atoms with van der Waals surface area (Å²) in [7, 11) is -4.03. The van der Waals surface area contributed by atoms with Crippen molar-refractivity contribution in [1.82, 2.24) is 4.31 Å². The molecular formula is C38H38FN3O8S. The van der Waals surface area contributed by atoms with Gasteiger partial charge in [0.25, 0.3) is 11.8 Å². The molecule has 0 bridgehead atoms. The summed E-state index contributed by atoms with van der Waals surface area (Å²) in [4.78, 5) is 49.0. The number of aliphatic carboxylic acids is 1. The predicted octanol–water partition coefficient (Wildman–Crippen LogP) is 6.47. The van der Waals surface area contributed by atoms with E-state index in [0.29, 0.717) is 44.2 Å². The SMILES string of the molecule is CCN(C1CCC(C(=O)O)CC1)S(=O)(=O)c1cccc(C(=O)Nc2ccc(F)cc2C(=O)Nc2ccc(CCc3ccc(C(=O)O)cc3)cc2)c1. The fourth-order valence-corrected chi connectivity index (χ4v) is 7.97. The fourth-order valence-electron chi connectivity index (χ4n) is 6.23. The van der Waals surface area contributed by atoms with Crippen molar-refractivity contribution < 1.29 is 42.2 Å². The van der Waals surface area contributed by atoms with Gasteiger partial charge < -0.3 is 20.8 Å². The van der Waals surface area contributed by atoms with Gasteiger partial charge in [0.2, 0.25) is 10.0 Å². The van der Waals surface area contributed by atoms with Crippen molar-refractivity contribution in [3.63, 3.8) is 0 Å². The van der Waals surface area contributed by atoms with Crippen LogP contribution in [0.1, 0.15) is 74.8 Å². The first-order valence-electron chi connectivity index (χ1n) is 16.5. The molecule has 5 rings (SSSR count). The first-order valence-corrected chi connectivity index (χ1v) is 18.0. The summed E-state index contributed by atoms with van der Waals surface area (Å²) in [5.74, 6) is -4.45. The minimum absolute atomic E-state index is 0.00538. The quantitative estimate of drug-likeness (QED) is 0.122. The monoisotopic (exact) mass is 715 g/mol. The highest BCUT2D eigenvalue weighted by atomic mass is 32.2. The molecule has 0 heterocycles. The zero-order valence-corrected chi connectivity index (χ0v) is 28.7. The molecule has 11 nitrogen and oxygen atoms in total. The number of nitrogens with one attached hydrogen (secondary N) is 2. The first kappa shape index (κ1) is 36.9. The fraction of sp³-hybridized carbons (Fsp3) is 0.263. The van der Waals surface area contributed by atoms with Crippen LogP contribution in [0.2, 0.25) is 0 Å². The third kappa shape index (κ3) is 9.04. The summed E-state index contributed by atoms with van der Waals surface area (Å²) >= 11 is 0. The number of benzene rings is 4. The van der Waals surface area contributed by atoms with E-state index in [2.05, 4.69) is 10.6 Å². The van der Waals surface area contributed by atoms with Crippen molar-refractivity contribution in [2.24, 2.45) is 5.92 Å². The van der Waals surface area contributed by atoms with E-state index in [4.69, 9.17) is 5.11 Å². The van der Waals surface area contributed by atoms with Gasteiger partial charge in [0, 0.05) is 23.8 Å². The number of halogens is 1. The lowest BCUT2D eigenvalue weighted by molar-refractivity contribution is -0.143. The summed E-state index contributed by atoms with van der Waals surface area (Å²) in [6.45, 7) is 1.88. The zero-order valence-electron chi connectivity index (χ0n) is 27.8. The van der Waals surface area contributed by atoms with Crippen LogP contribution in [0.4, 0.5) is 15.8 Å². The average Bonchev–Trinajstić information content (AvgIpc) is 3.12. The molecule has 0 unspecified atom stereocenters. The molecule has 266 valence electrons. The van der Waals surface area contributed by atoms with Crippen LogP contribution in [0.25, 0.3) is 0 Å². The number of carbonyl (C=O) groups excluding carboxylic acids is 2. The van der Waals surface area contributed by atoms with Gasteiger partial charge in [-0.25, -0.2) is 17.6 Å². The molecule has 13 heteroatoms. The Morgan fingerprint density at radius 2 is 1.39 bits per heavy atom. The second kappa shape index (κ2) is 16.1. The molecule has 4 N–H and O–H groups in total. The van der Waals surface area contributed by atoms with Gasteiger partial charge >= 0.3 is 11.9 Å². The minimum Gasteiger partial charge on any atom is -0.481 e. The largest absolute Gasteiger partial charge is 0.481 e. The Hall–Kier alpha value is -5.40. The van der Waals surface area contributed by atoms with Crippen molar-refractivity contribution in [3.05, 3.63) is 125 Å². The van der Waals surface area contributed by atoms with Crippen molar-refractivity contribution >= 4 is 45.2 Å². The third-order valence-corrected chi connectivity index (χ3v) is 11.1. The zero-order chi connectivity index (χ0) is 36.7. The lowest BCUT2D eigenvalue weighted by atomic mass is 9.86. The topological polar surface area (TPSA) is 170 Å². The molecular weight excluding hydrogens is 677 g/mol. The maximum atomic E-state index is 14.3. The summed E-state index contributed by atoms with van der Waals surface area (Å²) < 4.78 is 43.0. The van der Waals surface area contributed by atoms with Crippen molar-refractivity contribution in [1.29, 1.82) is 0 Å². The highest BCUT2D eigenvalue weighted by molar-refractivity contribution is 7.89. The molecule has 0 saturated heterocycles. The number of sulfonamides is 1. The third-order valence-electron chi connectivity index (χ3n) is 9.06. The van der Waals surface area contributed by atoms with E-state index >= 15 is 0 Å². The molecule has 1 aliphatic carbocycles. The van der Waals surface area contributed by atoms with Crippen LogP contribution in [0, 0.1) is 11.7 Å². The van der Waals surface area contributed by atoms with Crippen molar-refractivity contribution in [2.45, 2.75) is 56.4 Å². The number of amides is 2. The Morgan fingerprint density at radius 1 is 0.765 bits per heavy atom. The van der Waals surface area contributed by atoms with E-state index in [9.17, 15) is 37.1 Å². The van der Waals surface area contributed by atoms with E-state index in [1.165, 1.54) is 34.6 Å². The second-order valence-corrected chi connectivity index (χ2v) is 14.3. The predicted molar refractivity (Wildman–Crippen MR) is 189 cm³/mol. The molecule has 0 aliphatic heterocycles. The number of carboxylic acids is 2. The number of carbonyl (C=O) groups is 4. The van der Waals surface area contributed by atoms with E-state index in [1.807, 2.05) is 12.1 Å². The number of aromatic carboxylic acids is 1. The van der Waals surface area contributed by atoms with E-state index < -0.39 is 45.5 Å². The Kier molecular flexibility index (Phi) is 11.6. The number of nitrogens with zero attached hydrogens (tertiary/aromatic N) is 1. The Morgan fingerprint density at radius 3 is 1.98 bits per heavy atom. The number of rotatable bonds is 13. The molecule has 0 spiro atoms. The first-order chi connectivity index (χ1) is 24.3. The van der Waals surface area contributed by atoms with Gasteiger partial charge in [-0.15, -0.1) is 0 Å². The van der Waals surface area contributed by atoms with Crippen LogP contribution in [-0.4, -0.2) is 59.3 Å². The maximum absolute atomic E-state index is 14.3. The van der Waals surface area contributed by atoms with Crippen molar-refractivity contribution in [2.75, 3.05) is 17.2 Å². The number of hydrogen-bond acceptors (Lipinski definition) is 6. The van der Waals surface area contributed by atoms with Crippen LogP contribution in [0.3, 0.4) is 0 Å². The van der Waals surface area contributed by atoms with Gasteiger partial charge in [-0.3, -0.25) is 14.4 Å². The number of carboxylic acid groups (broad SMARTS) is 2. The smallest absolute Gasteiger partial charge is 0.335 e. The summed E-state index contributed by atoms with van der Waals surface area (Å²) in [5.41, 5.74) is 2.49. The Labute approximate surface area is 295 Å². The van der Waals surface area contributed by atoms with E-state index in [0.717, 1.165) is 23.3 Å². The Bertz CT molecular complexity index is 2030. The molecule has 4 aromatic carbocycles. The van der Waals surface area contributed by atoms with Crippen LogP contribution in [0.5, 0.6) is 0 Å². The molecule has 0 aromatic heterocycles. The number of aryl methyl sites for hydroxylation is 2. The number of anilines is 2. The van der Waals surface area contributed by atoms with Crippen LogP contribution < -0.4 is 10.6 Å². The van der Waals surface area contributed by atoms with Crippen molar-refractivity contribution in [3.8, 4) is 0 Å². The van der Waals surface area contributed by atoms with Gasteiger partial charge in [0.15, 0.2) is 0 Å². The van der Waals surface area contributed by atoms with Gasteiger partial charge in [-0.05, 0) is 110 Å².